The molecule has 2 heterocycles. The summed E-state index contributed by atoms with van der Waals surface area (Å²) in [6, 6.07) is 9.56. The zero-order valence-electron chi connectivity index (χ0n) is 12.1. The van der Waals surface area contributed by atoms with Gasteiger partial charge >= 0.3 is 0 Å². The molecule has 0 unspecified atom stereocenters. The molecule has 0 radical (unpaired) electrons. The van der Waals surface area contributed by atoms with E-state index in [1.165, 1.54) is 16.4 Å². The van der Waals surface area contributed by atoms with Crippen LogP contribution in [-0.4, -0.2) is 43.2 Å². The molecule has 0 atom stereocenters. The highest BCUT2D eigenvalue weighted by Crippen LogP contribution is 2.21. The number of aromatic nitrogens is 1. The molecule has 0 bridgehead atoms. The molecular formula is C15H14ClN3O3S. The molecule has 0 aliphatic carbocycles. The normalized spacial score (nSPS) is 14.7. The van der Waals surface area contributed by atoms with Crippen LogP contribution in [0.3, 0.4) is 0 Å². The van der Waals surface area contributed by atoms with E-state index in [4.69, 9.17) is 16.3 Å². The van der Waals surface area contributed by atoms with Crippen LogP contribution in [0.25, 0.3) is 0 Å². The van der Waals surface area contributed by atoms with Gasteiger partial charge in [0.25, 0.3) is 10.0 Å². The maximum absolute atomic E-state index is 12.7. The number of ether oxygens (including phenoxy) is 1. The fourth-order valence-corrected chi connectivity index (χ4v) is 3.74. The highest BCUT2D eigenvalue weighted by atomic mass is 35.5. The van der Waals surface area contributed by atoms with Crippen molar-refractivity contribution in [1.29, 1.82) is 0 Å². The van der Waals surface area contributed by atoms with E-state index < -0.39 is 10.0 Å². The predicted octanol–water partition coefficient (Wildman–Crippen LogP) is 2.22. The van der Waals surface area contributed by atoms with E-state index in [0.29, 0.717) is 29.7 Å². The first-order valence-corrected chi connectivity index (χ1v) is 8.73. The predicted molar refractivity (Wildman–Crippen MR) is 87.4 cm³/mol. The van der Waals surface area contributed by atoms with E-state index in [2.05, 4.69) is 9.98 Å². The van der Waals surface area contributed by atoms with Crippen molar-refractivity contribution >= 4 is 27.5 Å². The molecule has 0 N–H and O–H groups in total. The fourth-order valence-electron chi connectivity index (χ4n) is 2.17. The maximum atomic E-state index is 12.7. The first-order chi connectivity index (χ1) is 11.1. The summed E-state index contributed by atoms with van der Waals surface area (Å²) in [5.74, 6) is 0.940. The third-order valence-corrected chi connectivity index (χ3v) is 5.38. The molecule has 1 aromatic carbocycles. The van der Waals surface area contributed by atoms with Crippen LogP contribution in [0.2, 0.25) is 5.02 Å². The minimum Gasteiger partial charge on any atom is -0.484 e. The SMILES string of the molecule is O=S(=O)(c1ccc(Cl)cc1)N1CCN=C1COc1cccnc1. The first kappa shape index (κ1) is 15.8. The van der Waals surface area contributed by atoms with Gasteiger partial charge in [-0.15, -0.1) is 0 Å². The van der Waals surface area contributed by atoms with Gasteiger partial charge in [0.15, 0.2) is 5.84 Å². The molecular weight excluding hydrogens is 338 g/mol. The smallest absolute Gasteiger partial charge is 0.265 e. The summed E-state index contributed by atoms with van der Waals surface area (Å²) >= 11 is 5.81. The highest BCUT2D eigenvalue weighted by molar-refractivity contribution is 7.89. The maximum Gasteiger partial charge on any atom is 0.265 e. The number of hydrogen-bond acceptors (Lipinski definition) is 5. The second kappa shape index (κ2) is 6.55. The zero-order chi connectivity index (χ0) is 16.3. The van der Waals surface area contributed by atoms with Crippen LogP contribution in [0.4, 0.5) is 0 Å². The van der Waals surface area contributed by atoms with Crippen molar-refractivity contribution in [3.05, 3.63) is 53.8 Å². The van der Waals surface area contributed by atoms with E-state index >= 15 is 0 Å². The van der Waals surface area contributed by atoms with Gasteiger partial charge in [-0.3, -0.25) is 9.98 Å². The van der Waals surface area contributed by atoms with E-state index in [0.717, 1.165) is 0 Å². The lowest BCUT2D eigenvalue weighted by atomic mass is 10.4. The van der Waals surface area contributed by atoms with Gasteiger partial charge in [-0.1, -0.05) is 11.6 Å². The monoisotopic (exact) mass is 351 g/mol. The summed E-state index contributed by atoms with van der Waals surface area (Å²) in [6.45, 7) is 0.785. The molecule has 6 nitrogen and oxygen atoms in total. The van der Waals surface area contributed by atoms with Gasteiger partial charge < -0.3 is 4.74 Å². The first-order valence-electron chi connectivity index (χ1n) is 6.92. The molecule has 8 heteroatoms. The molecule has 0 saturated heterocycles. The topological polar surface area (TPSA) is 71.9 Å². The minimum absolute atomic E-state index is 0.0680. The average Bonchev–Trinajstić information content (AvgIpc) is 3.04. The second-order valence-corrected chi connectivity index (χ2v) is 7.11. The Bertz CT molecular complexity index is 808. The van der Waals surface area contributed by atoms with Gasteiger partial charge in [0.1, 0.15) is 12.4 Å². The Morgan fingerprint density at radius 1 is 1.22 bits per heavy atom. The van der Waals surface area contributed by atoms with E-state index in [-0.39, 0.29) is 11.5 Å². The number of aliphatic imine (C=N–C) groups is 1. The van der Waals surface area contributed by atoms with Gasteiger partial charge in [-0.25, -0.2) is 12.7 Å². The van der Waals surface area contributed by atoms with Gasteiger partial charge in [0, 0.05) is 11.2 Å². The van der Waals surface area contributed by atoms with Crippen LogP contribution in [-0.2, 0) is 10.0 Å². The van der Waals surface area contributed by atoms with Gasteiger partial charge in [-0.05, 0) is 36.4 Å². The largest absolute Gasteiger partial charge is 0.484 e. The number of amidine groups is 1. The summed E-state index contributed by atoms with van der Waals surface area (Å²) in [5, 5.41) is 0.485. The number of sulfonamides is 1. The summed E-state index contributed by atoms with van der Waals surface area (Å²) < 4.78 is 32.2. The van der Waals surface area contributed by atoms with Gasteiger partial charge in [0.2, 0.25) is 0 Å². The number of nitrogens with zero attached hydrogens (tertiary/aromatic N) is 3. The number of hydrogen-bond donors (Lipinski definition) is 0. The van der Waals surface area contributed by atoms with Gasteiger partial charge in [-0.2, -0.15) is 0 Å². The molecule has 0 saturated carbocycles. The molecule has 2 aromatic rings. The third kappa shape index (κ3) is 3.46. The molecule has 23 heavy (non-hydrogen) atoms. The molecule has 3 rings (SSSR count). The second-order valence-electron chi connectivity index (χ2n) is 4.81. The van der Waals surface area contributed by atoms with Crippen molar-refractivity contribution in [1.82, 2.24) is 9.29 Å². The van der Waals surface area contributed by atoms with Crippen molar-refractivity contribution in [2.45, 2.75) is 4.90 Å². The lowest BCUT2D eigenvalue weighted by Crippen LogP contribution is -2.37. The molecule has 120 valence electrons. The highest BCUT2D eigenvalue weighted by Gasteiger charge is 2.30. The van der Waals surface area contributed by atoms with E-state index in [1.54, 1.807) is 36.7 Å². The quantitative estimate of drug-likeness (QED) is 0.828. The average molecular weight is 352 g/mol. The van der Waals surface area contributed by atoms with Crippen molar-refractivity contribution in [3.63, 3.8) is 0 Å². The van der Waals surface area contributed by atoms with Crippen molar-refractivity contribution < 1.29 is 13.2 Å². The van der Waals surface area contributed by atoms with Crippen LogP contribution in [0.15, 0.2) is 58.7 Å². The lowest BCUT2D eigenvalue weighted by Gasteiger charge is -2.20. The summed E-state index contributed by atoms with van der Waals surface area (Å²) in [4.78, 5) is 8.36. The Balaban J connectivity index is 1.76. The Hall–Kier alpha value is -2.12. The Morgan fingerprint density at radius 2 is 2.00 bits per heavy atom. The number of halogens is 1. The summed E-state index contributed by atoms with van der Waals surface area (Å²) in [7, 11) is -3.66. The Labute approximate surface area is 139 Å². The third-order valence-electron chi connectivity index (χ3n) is 3.29. The molecule has 1 aliphatic rings. The molecule has 1 aromatic heterocycles. The van der Waals surface area contributed by atoms with Gasteiger partial charge in [0.05, 0.1) is 24.2 Å². The Kier molecular flexibility index (Phi) is 4.49. The van der Waals surface area contributed by atoms with Crippen LogP contribution >= 0.6 is 11.6 Å². The number of pyridine rings is 1. The van der Waals surface area contributed by atoms with E-state index in [9.17, 15) is 8.42 Å². The Morgan fingerprint density at radius 3 is 2.70 bits per heavy atom. The molecule has 1 aliphatic heterocycles. The fraction of sp³-hybridized carbons (Fsp3) is 0.200. The zero-order valence-corrected chi connectivity index (χ0v) is 13.7. The lowest BCUT2D eigenvalue weighted by molar-refractivity contribution is 0.364. The summed E-state index contributed by atoms with van der Waals surface area (Å²) in [6.07, 6.45) is 3.20. The molecule has 0 spiro atoms. The van der Waals surface area contributed by atoms with Crippen LogP contribution < -0.4 is 4.74 Å². The minimum atomic E-state index is -3.66. The van der Waals surface area contributed by atoms with Crippen molar-refractivity contribution in [3.8, 4) is 5.75 Å². The number of rotatable bonds is 5. The van der Waals surface area contributed by atoms with Crippen molar-refractivity contribution in [2.75, 3.05) is 19.7 Å². The van der Waals surface area contributed by atoms with E-state index in [1.807, 2.05) is 0 Å². The standard InChI is InChI=1S/C15H14ClN3O3S/c16-12-3-5-14(6-4-12)23(20,21)19-9-8-18-15(19)11-22-13-2-1-7-17-10-13/h1-7,10H,8-9,11H2. The molecule has 0 amide bonds. The number of benzene rings is 1. The van der Waals surface area contributed by atoms with Crippen LogP contribution in [0, 0.1) is 0 Å². The van der Waals surface area contributed by atoms with Crippen molar-refractivity contribution in [2.24, 2.45) is 4.99 Å². The van der Waals surface area contributed by atoms with Crippen LogP contribution in [0.5, 0.6) is 5.75 Å². The molecule has 0 fully saturated rings. The summed E-state index contributed by atoms with van der Waals surface area (Å²) in [5.41, 5.74) is 0. The van der Waals surface area contributed by atoms with Crippen LogP contribution in [0.1, 0.15) is 0 Å².